The van der Waals surface area contributed by atoms with Crippen LogP contribution in [0.3, 0.4) is 0 Å². The number of nitrogens with one attached hydrogen (secondary N) is 1. The molecule has 1 aromatic rings. The van der Waals surface area contributed by atoms with Crippen molar-refractivity contribution in [3.8, 4) is 0 Å². The molecule has 0 saturated carbocycles. The zero-order valence-corrected chi connectivity index (χ0v) is 8.93. The number of nitrogens with zero attached hydrogens (tertiary/aromatic N) is 2. The van der Waals surface area contributed by atoms with E-state index in [-0.39, 0.29) is 0 Å². The molecule has 1 aromatic heterocycles. The summed E-state index contributed by atoms with van der Waals surface area (Å²) >= 11 is 0. The van der Waals surface area contributed by atoms with Gasteiger partial charge in [-0.05, 0) is 6.42 Å². The van der Waals surface area contributed by atoms with Crippen molar-refractivity contribution in [2.75, 3.05) is 17.6 Å². The Balaban J connectivity index is 2.78. The van der Waals surface area contributed by atoms with Crippen molar-refractivity contribution in [1.82, 2.24) is 9.78 Å². The number of halogens is 2. The van der Waals surface area contributed by atoms with Crippen molar-refractivity contribution in [3.05, 3.63) is 5.69 Å². The minimum absolute atomic E-state index is 0.407. The fourth-order valence-electron chi connectivity index (χ4n) is 1.40. The van der Waals surface area contributed by atoms with Gasteiger partial charge in [-0.1, -0.05) is 13.3 Å². The van der Waals surface area contributed by atoms with Gasteiger partial charge in [-0.2, -0.15) is 5.10 Å². The van der Waals surface area contributed by atoms with Crippen molar-refractivity contribution in [2.24, 2.45) is 7.05 Å². The monoisotopic (exact) mass is 218 g/mol. The average Bonchev–Trinajstić information content (AvgIpc) is 2.40. The highest BCUT2D eigenvalue weighted by Gasteiger charge is 2.13. The molecule has 0 spiro atoms. The molecule has 0 aliphatic carbocycles. The third-order valence-corrected chi connectivity index (χ3v) is 2.07. The van der Waals surface area contributed by atoms with Crippen LogP contribution < -0.4 is 11.1 Å². The number of nitrogen functional groups attached to an aromatic ring is 1. The van der Waals surface area contributed by atoms with Gasteiger partial charge in [0.05, 0.1) is 17.9 Å². The van der Waals surface area contributed by atoms with Gasteiger partial charge in [0, 0.05) is 7.05 Å². The molecule has 0 atom stereocenters. The lowest BCUT2D eigenvalue weighted by molar-refractivity contribution is 0.163. The van der Waals surface area contributed by atoms with E-state index in [0.717, 1.165) is 18.5 Å². The van der Waals surface area contributed by atoms with Crippen LogP contribution in [0.5, 0.6) is 0 Å². The maximum atomic E-state index is 12.0. The van der Waals surface area contributed by atoms with Gasteiger partial charge in [0.1, 0.15) is 5.82 Å². The first-order chi connectivity index (χ1) is 7.06. The highest BCUT2D eigenvalue weighted by Crippen LogP contribution is 2.22. The van der Waals surface area contributed by atoms with Crippen molar-refractivity contribution < 1.29 is 8.78 Å². The maximum Gasteiger partial charge on any atom is 0.255 e. The Hall–Kier alpha value is -1.33. The predicted molar refractivity (Wildman–Crippen MR) is 56.1 cm³/mol. The van der Waals surface area contributed by atoms with Crippen molar-refractivity contribution in [2.45, 2.75) is 26.2 Å². The van der Waals surface area contributed by atoms with E-state index in [4.69, 9.17) is 5.73 Å². The van der Waals surface area contributed by atoms with Crippen LogP contribution in [-0.2, 0) is 13.5 Å². The predicted octanol–water partition coefficient (Wildman–Crippen LogP) is 1.63. The Kier molecular flexibility index (Phi) is 3.88. The molecule has 0 fully saturated rings. The van der Waals surface area contributed by atoms with Gasteiger partial charge in [-0.15, -0.1) is 0 Å². The smallest absolute Gasteiger partial charge is 0.255 e. The van der Waals surface area contributed by atoms with E-state index in [1.807, 2.05) is 6.92 Å². The third-order valence-electron chi connectivity index (χ3n) is 2.07. The zero-order chi connectivity index (χ0) is 11.4. The van der Waals surface area contributed by atoms with Crippen LogP contribution in [0.15, 0.2) is 0 Å². The molecule has 0 aromatic carbocycles. The number of hydrogen-bond acceptors (Lipinski definition) is 3. The minimum atomic E-state index is -2.39. The van der Waals surface area contributed by atoms with Gasteiger partial charge < -0.3 is 11.1 Å². The van der Waals surface area contributed by atoms with Crippen LogP contribution >= 0.6 is 0 Å². The van der Waals surface area contributed by atoms with Gasteiger partial charge in [0.25, 0.3) is 6.43 Å². The van der Waals surface area contributed by atoms with Gasteiger partial charge >= 0.3 is 0 Å². The van der Waals surface area contributed by atoms with E-state index in [9.17, 15) is 8.78 Å². The number of aryl methyl sites for hydroxylation is 2. The molecule has 1 rings (SSSR count). The summed E-state index contributed by atoms with van der Waals surface area (Å²) in [5.74, 6) is 0.471. The molecular formula is C9H16F2N4. The zero-order valence-electron chi connectivity index (χ0n) is 8.93. The number of anilines is 2. The number of rotatable bonds is 5. The Morgan fingerprint density at radius 1 is 1.53 bits per heavy atom. The summed E-state index contributed by atoms with van der Waals surface area (Å²) in [6, 6.07) is 0. The quantitative estimate of drug-likeness (QED) is 0.789. The summed E-state index contributed by atoms with van der Waals surface area (Å²) < 4.78 is 25.5. The molecule has 86 valence electrons. The second-order valence-corrected chi connectivity index (χ2v) is 3.35. The summed E-state index contributed by atoms with van der Waals surface area (Å²) in [5.41, 5.74) is 7.02. The molecule has 4 nitrogen and oxygen atoms in total. The Morgan fingerprint density at radius 2 is 2.20 bits per heavy atom. The van der Waals surface area contributed by atoms with E-state index < -0.39 is 13.0 Å². The molecular weight excluding hydrogens is 202 g/mol. The van der Waals surface area contributed by atoms with E-state index in [1.165, 1.54) is 4.68 Å². The van der Waals surface area contributed by atoms with E-state index in [1.54, 1.807) is 7.05 Å². The number of aromatic nitrogens is 2. The van der Waals surface area contributed by atoms with E-state index in [2.05, 4.69) is 10.4 Å². The fourth-order valence-corrected chi connectivity index (χ4v) is 1.40. The lowest BCUT2D eigenvalue weighted by Crippen LogP contribution is -2.13. The first-order valence-corrected chi connectivity index (χ1v) is 4.89. The molecule has 0 bridgehead atoms. The highest BCUT2D eigenvalue weighted by atomic mass is 19.3. The number of nitrogens with two attached hydrogens (primary N) is 1. The van der Waals surface area contributed by atoms with Gasteiger partial charge in [0.2, 0.25) is 0 Å². The standard InChI is InChI=1S/C9H16F2N4/c1-3-4-6-8(12)9(15(2)14-6)13-5-7(10)11/h7,13H,3-5,12H2,1-2H3. The van der Waals surface area contributed by atoms with Crippen LogP contribution in [0.25, 0.3) is 0 Å². The molecule has 0 unspecified atom stereocenters. The topological polar surface area (TPSA) is 55.9 Å². The molecule has 3 N–H and O–H groups in total. The summed E-state index contributed by atoms with van der Waals surface area (Å²) in [7, 11) is 1.68. The van der Waals surface area contributed by atoms with E-state index >= 15 is 0 Å². The van der Waals surface area contributed by atoms with E-state index in [0.29, 0.717) is 11.5 Å². The van der Waals surface area contributed by atoms with Crippen molar-refractivity contribution in [1.29, 1.82) is 0 Å². The molecule has 0 aliphatic rings. The van der Waals surface area contributed by atoms with Crippen LogP contribution in [0.4, 0.5) is 20.3 Å². The summed E-state index contributed by atoms with van der Waals surface area (Å²) in [6.45, 7) is 1.61. The summed E-state index contributed by atoms with van der Waals surface area (Å²) in [6.07, 6.45) is -0.708. The molecule has 1 heterocycles. The Labute approximate surface area is 87.4 Å². The van der Waals surface area contributed by atoms with Crippen LogP contribution in [0, 0.1) is 0 Å². The maximum absolute atomic E-state index is 12.0. The van der Waals surface area contributed by atoms with Gasteiger partial charge in [-0.3, -0.25) is 4.68 Å². The molecule has 0 aliphatic heterocycles. The molecule has 6 heteroatoms. The third kappa shape index (κ3) is 2.81. The first-order valence-electron chi connectivity index (χ1n) is 4.89. The van der Waals surface area contributed by atoms with Crippen molar-refractivity contribution >= 4 is 11.5 Å². The number of hydrogen-bond donors (Lipinski definition) is 2. The van der Waals surface area contributed by atoms with Crippen LogP contribution in [-0.4, -0.2) is 22.8 Å². The van der Waals surface area contributed by atoms with Crippen molar-refractivity contribution in [3.63, 3.8) is 0 Å². The average molecular weight is 218 g/mol. The molecule has 0 saturated heterocycles. The second kappa shape index (κ2) is 4.95. The first kappa shape index (κ1) is 11.7. The molecule has 0 amide bonds. The molecule has 0 radical (unpaired) electrons. The lowest BCUT2D eigenvalue weighted by Gasteiger charge is -2.06. The SMILES string of the molecule is CCCc1nn(C)c(NCC(F)F)c1N. The normalized spacial score (nSPS) is 11.0. The van der Waals surface area contributed by atoms with Gasteiger partial charge in [-0.25, -0.2) is 8.78 Å². The fraction of sp³-hybridized carbons (Fsp3) is 0.667. The largest absolute Gasteiger partial charge is 0.394 e. The number of alkyl halides is 2. The summed E-state index contributed by atoms with van der Waals surface area (Å²) in [5, 5.41) is 6.75. The van der Waals surface area contributed by atoms with Gasteiger partial charge in [0.15, 0.2) is 0 Å². The lowest BCUT2D eigenvalue weighted by atomic mass is 10.2. The molecule has 15 heavy (non-hydrogen) atoms. The highest BCUT2D eigenvalue weighted by molar-refractivity contribution is 5.65. The van der Waals surface area contributed by atoms with Crippen LogP contribution in [0.1, 0.15) is 19.0 Å². The Bertz CT molecular complexity index is 322. The minimum Gasteiger partial charge on any atom is -0.394 e. The van der Waals surface area contributed by atoms with Crippen LogP contribution in [0.2, 0.25) is 0 Å². The summed E-state index contributed by atoms with van der Waals surface area (Å²) in [4.78, 5) is 0. The second-order valence-electron chi connectivity index (χ2n) is 3.35. The Morgan fingerprint density at radius 3 is 2.73 bits per heavy atom.